The van der Waals surface area contributed by atoms with Crippen molar-refractivity contribution in [1.82, 2.24) is 10.6 Å². The SMILES string of the molecule is COc1ccc(Br)cc1CNCCNC(C)=O. The zero-order chi connectivity index (χ0) is 12.7. The van der Waals surface area contributed by atoms with Gasteiger partial charge in [-0.05, 0) is 18.2 Å². The van der Waals surface area contributed by atoms with Crippen molar-refractivity contribution >= 4 is 21.8 Å². The molecule has 0 fully saturated rings. The molecule has 0 bridgehead atoms. The molecule has 0 saturated heterocycles. The summed E-state index contributed by atoms with van der Waals surface area (Å²) in [5.41, 5.74) is 1.09. The normalized spacial score (nSPS) is 10.1. The fourth-order valence-electron chi connectivity index (χ4n) is 1.44. The highest BCUT2D eigenvalue weighted by Gasteiger charge is 2.02. The van der Waals surface area contributed by atoms with Gasteiger partial charge in [-0.2, -0.15) is 0 Å². The zero-order valence-corrected chi connectivity index (χ0v) is 11.6. The molecule has 4 nitrogen and oxygen atoms in total. The maximum atomic E-state index is 10.7. The molecule has 1 amide bonds. The molecule has 94 valence electrons. The number of carbonyl (C=O) groups is 1. The first-order chi connectivity index (χ1) is 8.13. The van der Waals surface area contributed by atoms with Crippen LogP contribution in [-0.4, -0.2) is 26.1 Å². The van der Waals surface area contributed by atoms with Gasteiger partial charge in [0.15, 0.2) is 0 Å². The second-order valence-corrected chi connectivity index (χ2v) is 4.53. The lowest BCUT2D eigenvalue weighted by atomic mass is 10.2. The highest BCUT2D eigenvalue weighted by atomic mass is 79.9. The minimum absolute atomic E-state index is 0.00756. The maximum Gasteiger partial charge on any atom is 0.216 e. The number of hydrogen-bond donors (Lipinski definition) is 2. The Hall–Kier alpha value is -1.07. The van der Waals surface area contributed by atoms with Crippen LogP contribution in [0, 0.1) is 0 Å². The van der Waals surface area contributed by atoms with Crippen molar-refractivity contribution < 1.29 is 9.53 Å². The lowest BCUT2D eigenvalue weighted by molar-refractivity contribution is -0.118. The van der Waals surface area contributed by atoms with Crippen LogP contribution < -0.4 is 15.4 Å². The zero-order valence-electron chi connectivity index (χ0n) is 10.0. The molecule has 0 spiro atoms. The molecule has 0 heterocycles. The van der Waals surface area contributed by atoms with Gasteiger partial charge < -0.3 is 15.4 Å². The average molecular weight is 301 g/mol. The fraction of sp³-hybridized carbons (Fsp3) is 0.417. The van der Waals surface area contributed by atoms with Crippen molar-refractivity contribution in [2.75, 3.05) is 20.2 Å². The van der Waals surface area contributed by atoms with Crippen LogP contribution in [0.2, 0.25) is 0 Å². The molecule has 0 saturated carbocycles. The van der Waals surface area contributed by atoms with Crippen LogP contribution in [0.25, 0.3) is 0 Å². The molecule has 0 atom stereocenters. The number of carbonyl (C=O) groups excluding carboxylic acids is 1. The minimum atomic E-state index is -0.00756. The van der Waals surface area contributed by atoms with Gasteiger partial charge in [0, 0.05) is 36.6 Å². The number of nitrogens with one attached hydrogen (secondary N) is 2. The van der Waals surface area contributed by atoms with Crippen LogP contribution in [-0.2, 0) is 11.3 Å². The first-order valence-electron chi connectivity index (χ1n) is 5.41. The molecule has 0 aromatic heterocycles. The molecule has 0 aliphatic heterocycles. The third kappa shape index (κ3) is 5.19. The second-order valence-electron chi connectivity index (χ2n) is 3.62. The Labute approximate surface area is 110 Å². The van der Waals surface area contributed by atoms with Crippen molar-refractivity contribution in [2.45, 2.75) is 13.5 Å². The number of ether oxygens (including phenoxy) is 1. The molecule has 0 aliphatic rings. The van der Waals surface area contributed by atoms with Gasteiger partial charge in [0.05, 0.1) is 7.11 Å². The van der Waals surface area contributed by atoms with Crippen LogP contribution in [0.4, 0.5) is 0 Å². The topological polar surface area (TPSA) is 50.4 Å². The Morgan fingerprint density at radius 1 is 1.41 bits per heavy atom. The molecule has 1 aromatic carbocycles. The monoisotopic (exact) mass is 300 g/mol. The van der Waals surface area contributed by atoms with E-state index >= 15 is 0 Å². The number of rotatable bonds is 6. The van der Waals surface area contributed by atoms with E-state index in [2.05, 4.69) is 26.6 Å². The summed E-state index contributed by atoms with van der Waals surface area (Å²) in [6.07, 6.45) is 0. The van der Waals surface area contributed by atoms with Gasteiger partial charge in [-0.25, -0.2) is 0 Å². The quantitative estimate of drug-likeness (QED) is 0.786. The van der Waals surface area contributed by atoms with Gasteiger partial charge in [-0.15, -0.1) is 0 Å². The van der Waals surface area contributed by atoms with E-state index in [-0.39, 0.29) is 5.91 Å². The van der Waals surface area contributed by atoms with E-state index in [1.165, 1.54) is 6.92 Å². The van der Waals surface area contributed by atoms with E-state index < -0.39 is 0 Å². The first-order valence-corrected chi connectivity index (χ1v) is 6.20. The van der Waals surface area contributed by atoms with Gasteiger partial charge in [-0.1, -0.05) is 15.9 Å². The van der Waals surface area contributed by atoms with Gasteiger partial charge in [0.2, 0.25) is 5.91 Å². The van der Waals surface area contributed by atoms with Gasteiger partial charge in [0.25, 0.3) is 0 Å². The Morgan fingerprint density at radius 3 is 2.82 bits per heavy atom. The molecular formula is C12H17BrN2O2. The molecule has 17 heavy (non-hydrogen) atoms. The van der Waals surface area contributed by atoms with Crippen molar-refractivity contribution in [3.63, 3.8) is 0 Å². The van der Waals surface area contributed by atoms with Crippen LogP contribution in [0.15, 0.2) is 22.7 Å². The molecule has 0 aliphatic carbocycles. The van der Waals surface area contributed by atoms with E-state index in [0.29, 0.717) is 13.1 Å². The van der Waals surface area contributed by atoms with Crippen LogP contribution in [0.3, 0.4) is 0 Å². The van der Waals surface area contributed by atoms with Crippen LogP contribution >= 0.6 is 15.9 Å². The summed E-state index contributed by atoms with van der Waals surface area (Å²) < 4.78 is 6.29. The lowest BCUT2D eigenvalue weighted by Crippen LogP contribution is -2.29. The summed E-state index contributed by atoms with van der Waals surface area (Å²) >= 11 is 3.43. The Morgan fingerprint density at radius 2 is 2.18 bits per heavy atom. The predicted octanol–water partition coefficient (Wildman–Crippen LogP) is 1.68. The summed E-state index contributed by atoms with van der Waals surface area (Å²) in [6.45, 7) is 3.58. The molecule has 5 heteroatoms. The standard InChI is InChI=1S/C12H17BrN2O2/c1-9(16)15-6-5-14-8-10-7-11(13)3-4-12(10)17-2/h3-4,7,14H,5-6,8H2,1-2H3,(H,15,16). The summed E-state index contributed by atoms with van der Waals surface area (Å²) in [7, 11) is 1.66. The first kappa shape index (κ1) is 14.0. The molecule has 1 aromatic rings. The van der Waals surface area contributed by atoms with Gasteiger partial charge >= 0.3 is 0 Å². The maximum absolute atomic E-state index is 10.7. The highest BCUT2D eigenvalue weighted by molar-refractivity contribution is 9.10. The Bertz CT molecular complexity index is 383. The minimum Gasteiger partial charge on any atom is -0.496 e. The van der Waals surface area contributed by atoms with E-state index in [1.807, 2.05) is 18.2 Å². The summed E-state index contributed by atoms with van der Waals surface area (Å²) in [4.78, 5) is 10.7. The molecular weight excluding hydrogens is 284 g/mol. The number of methoxy groups -OCH3 is 1. The number of benzene rings is 1. The van der Waals surface area contributed by atoms with Crippen LogP contribution in [0.5, 0.6) is 5.75 Å². The van der Waals surface area contributed by atoms with Crippen molar-refractivity contribution in [1.29, 1.82) is 0 Å². The third-order valence-corrected chi connectivity index (χ3v) is 2.73. The average Bonchev–Trinajstić information content (AvgIpc) is 2.28. The van der Waals surface area contributed by atoms with E-state index in [4.69, 9.17) is 4.74 Å². The summed E-state index contributed by atoms with van der Waals surface area (Å²) in [6, 6.07) is 5.89. The summed E-state index contributed by atoms with van der Waals surface area (Å²) in [5, 5.41) is 5.97. The van der Waals surface area contributed by atoms with E-state index in [9.17, 15) is 4.79 Å². The number of amides is 1. The largest absolute Gasteiger partial charge is 0.496 e. The molecule has 2 N–H and O–H groups in total. The molecule has 1 rings (SSSR count). The van der Waals surface area contributed by atoms with E-state index in [1.54, 1.807) is 7.11 Å². The predicted molar refractivity (Wildman–Crippen MR) is 71.1 cm³/mol. The molecule has 0 unspecified atom stereocenters. The van der Waals surface area contributed by atoms with Crippen molar-refractivity contribution in [3.8, 4) is 5.75 Å². The van der Waals surface area contributed by atoms with Gasteiger partial charge in [-0.3, -0.25) is 4.79 Å². The smallest absolute Gasteiger partial charge is 0.216 e. The second kappa shape index (κ2) is 7.29. The Balaban J connectivity index is 2.40. The van der Waals surface area contributed by atoms with E-state index in [0.717, 1.165) is 22.3 Å². The lowest BCUT2D eigenvalue weighted by Gasteiger charge is -2.10. The van der Waals surface area contributed by atoms with Crippen molar-refractivity contribution in [2.24, 2.45) is 0 Å². The molecule has 0 radical (unpaired) electrons. The van der Waals surface area contributed by atoms with Crippen molar-refractivity contribution in [3.05, 3.63) is 28.2 Å². The third-order valence-electron chi connectivity index (χ3n) is 2.23. The van der Waals surface area contributed by atoms with Gasteiger partial charge in [0.1, 0.15) is 5.75 Å². The van der Waals surface area contributed by atoms with Crippen LogP contribution in [0.1, 0.15) is 12.5 Å². The number of halogens is 1. The summed E-state index contributed by atoms with van der Waals surface area (Å²) in [5.74, 6) is 0.854. The highest BCUT2D eigenvalue weighted by Crippen LogP contribution is 2.22. The fourth-order valence-corrected chi connectivity index (χ4v) is 1.84. The Kier molecular flexibility index (Phi) is 6.00. The number of hydrogen-bond acceptors (Lipinski definition) is 3.